The van der Waals surface area contributed by atoms with Crippen LogP contribution in [0.1, 0.15) is 19.4 Å². The molecule has 0 bridgehead atoms. The van der Waals surface area contributed by atoms with Gasteiger partial charge in [0.05, 0.1) is 5.75 Å². The third-order valence-electron chi connectivity index (χ3n) is 2.33. The quantitative estimate of drug-likeness (QED) is 0.807. The summed E-state index contributed by atoms with van der Waals surface area (Å²) < 4.78 is 25.7. The SMILES string of the molecule is C=C(Cl)CS(=O)(=O)N(Cc1cccnc1)C(C)C. The van der Waals surface area contributed by atoms with Crippen molar-refractivity contribution < 1.29 is 8.42 Å². The van der Waals surface area contributed by atoms with E-state index >= 15 is 0 Å². The minimum Gasteiger partial charge on any atom is -0.264 e. The number of nitrogens with zero attached hydrogens (tertiary/aromatic N) is 2. The first kappa shape index (κ1) is 15.1. The number of sulfonamides is 1. The second-order valence-corrected chi connectivity index (χ2v) is 6.73. The third kappa shape index (κ3) is 4.40. The van der Waals surface area contributed by atoms with E-state index in [4.69, 9.17) is 11.6 Å². The van der Waals surface area contributed by atoms with Gasteiger partial charge in [-0.1, -0.05) is 24.2 Å². The predicted octanol–water partition coefficient (Wildman–Crippen LogP) is 2.37. The largest absolute Gasteiger partial charge is 0.264 e. The van der Waals surface area contributed by atoms with Gasteiger partial charge in [0.15, 0.2) is 0 Å². The van der Waals surface area contributed by atoms with Gasteiger partial charge in [-0.3, -0.25) is 4.98 Å². The van der Waals surface area contributed by atoms with Gasteiger partial charge in [0.25, 0.3) is 0 Å². The summed E-state index contributed by atoms with van der Waals surface area (Å²) in [5.74, 6) is -0.243. The molecule has 0 spiro atoms. The highest BCUT2D eigenvalue weighted by molar-refractivity contribution is 7.89. The molecule has 0 aliphatic heterocycles. The van der Waals surface area contributed by atoms with E-state index in [1.54, 1.807) is 18.5 Å². The number of pyridine rings is 1. The summed E-state index contributed by atoms with van der Waals surface area (Å²) in [5.41, 5.74) is 0.843. The molecule has 1 aromatic heterocycles. The average Bonchev–Trinajstić information content (AvgIpc) is 2.25. The molecule has 18 heavy (non-hydrogen) atoms. The molecular formula is C12H17ClN2O2S. The fourth-order valence-corrected chi connectivity index (χ4v) is 3.52. The van der Waals surface area contributed by atoms with Gasteiger partial charge < -0.3 is 0 Å². The zero-order valence-electron chi connectivity index (χ0n) is 10.5. The standard InChI is InChI=1S/C12H17ClN2O2S/c1-10(2)15(18(16,17)9-11(3)13)8-12-5-4-6-14-7-12/h4-7,10H,3,8-9H2,1-2H3. The van der Waals surface area contributed by atoms with Crippen LogP contribution in [0, 0.1) is 0 Å². The lowest BCUT2D eigenvalue weighted by Crippen LogP contribution is -2.38. The summed E-state index contributed by atoms with van der Waals surface area (Å²) in [6, 6.07) is 3.47. The van der Waals surface area contributed by atoms with E-state index in [9.17, 15) is 8.42 Å². The van der Waals surface area contributed by atoms with Crippen molar-refractivity contribution in [3.8, 4) is 0 Å². The van der Waals surface area contributed by atoms with Crippen LogP contribution in [0.5, 0.6) is 0 Å². The molecule has 0 aliphatic rings. The van der Waals surface area contributed by atoms with E-state index in [-0.39, 0.29) is 23.4 Å². The van der Waals surface area contributed by atoms with E-state index < -0.39 is 10.0 Å². The van der Waals surface area contributed by atoms with Crippen LogP contribution in [0.25, 0.3) is 0 Å². The van der Waals surface area contributed by atoms with Crippen molar-refractivity contribution >= 4 is 21.6 Å². The van der Waals surface area contributed by atoms with E-state index in [0.29, 0.717) is 0 Å². The summed E-state index contributed by atoms with van der Waals surface area (Å²) in [7, 11) is -3.45. The first-order chi connectivity index (χ1) is 8.33. The Balaban J connectivity index is 2.94. The van der Waals surface area contributed by atoms with E-state index in [0.717, 1.165) is 5.56 Å². The fourth-order valence-electron chi connectivity index (χ4n) is 1.55. The van der Waals surface area contributed by atoms with Crippen molar-refractivity contribution in [1.82, 2.24) is 9.29 Å². The zero-order chi connectivity index (χ0) is 13.8. The summed E-state index contributed by atoms with van der Waals surface area (Å²) in [6.45, 7) is 7.37. The monoisotopic (exact) mass is 288 g/mol. The summed E-state index contributed by atoms with van der Waals surface area (Å²) in [6.07, 6.45) is 3.30. The van der Waals surface area contributed by atoms with Gasteiger partial charge in [0, 0.05) is 30.0 Å². The van der Waals surface area contributed by atoms with Gasteiger partial charge in [0.1, 0.15) is 0 Å². The maximum atomic E-state index is 12.1. The predicted molar refractivity (Wildman–Crippen MR) is 73.7 cm³/mol. The Morgan fingerprint density at radius 1 is 1.56 bits per heavy atom. The first-order valence-electron chi connectivity index (χ1n) is 5.54. The van der Waals surface area contributed by atoms with E-state index in [2.05, 4.69) is 11.6 Å². The molecule has 0 radical (unpaired) electrons. The van der Waals surface area contributed by atoms with Crippen LogP contribution in [0.15, 0.2) is 36.1 Å². The molecule has 0 saturated heterocycles. The lowest BCUT2D eigenvalue weighted by molar-refractivity contribution is 0.349. The number of hydrogen-bond acceptors (Lipinski definition) is 3. The van der Waals surface area contributed by atoms with Gasteiger partial charge in [-0.15, -0.1) is 0 Å². The van der Waals surface area contributed by atoms with Crippen molar-refractivity contribution in [2.75, 3.05) is 5.75 Å². The highest BCUT2D eigenvalue weighted by Gasteiger charge is 2.25. The number of rotatable bonds is 6. The van der Waals surface area contributed by atoms with Crippen molar-refractivity contribution in [1.29, 1.82) is 0 Å². The van der Waals surface area contributed by atoms with Gasteiger partial charge >= 0.3 is 0 Å². The molecule has 0 aromatic carbocycles. The highest BCUT2D eigenvalue weighted by atomic mass is 35.5. The second kappa shape index (κ2) is 6.31. The maximum absolute atomic E-state index is 12.1. The summed E-state index contributed by atoms with van der Waals surface area (Å²) in [4.78, 5) is 3.97. The van der Waals surface area contributed by atoms with Gasteiger partial charge in [0.2, 0.25) is 10.0 Å². The molecule has 0 N–H and O–H groups in total. The molecule has 6 heteroatoms. The maximum Gasteiger partial charge on any atom is 0.219 e. The Bertz CT molecular complexity index is 500. The zero-order valence-corrected chi connectivity index (χ0v) is 12.1. The van der Waals surface area contributed by atoms with Crippen LogP contribution in [0.2, 0.25) is 0 Å². The van der Waals surface area contributed by atoms with Crippen LogP contribution in [0.4, 0.5) is 0 Å². The molecule has 0 saturated carbocycles. The van der Waals surface area contributed by atoms with Crippen molar-refractivity contribution in [3.63, 3.8) is 0 Å². The van der Waals surface area contributed by atoms with Crippen LogP contribution < -0.4 is 0 Å². The minimum atomic E-state index is -3.45. The highest BCUT2D eigenvalue weighted by Crippen LogP contribution is 2.16. The van der Waals surface area contributed by atoms with Gasteiger partial charge in [-0.25, -0.2) is 8.42 Å². The van der Waals surface area contributed by atoms with E-state index in [1.807, 2.05) is 19.9 Å². The molecule has 100 valence electrons. The second-order valence-electron chi connectivity index (χ2n) is 4.27. The Morgan fingerprint density at radius 2 is 2.22 bits per heavy atom. The number of aromatic nitrogens is 1. The first-order valence-corrected chi connectivity index (χ1v) is 7.53. The van der Waals surface area contributed by atoms with Crippen LogP contribution in [0.3, 0.4) is 0 Å². The normalized spacial score (nSPS) is 12.1. The van der Waals surface area contributed by atoms with Crippen LogP contribution in [-0.4, -0.2) is 29.5 Å². The lowest BCUT2D eigenvalue weighted by Gasteiger charge is -2.25. The Labute approximate surface area is 113 Å². The minimum absolute atomic E-state index is 0.117. The van der Waals surface area contributed by atoms with Gasteiger partial charge in [-0.2, -0.15) is 4.31 Å². The Hall–Kier alpha value is -0.910. The molecule has 0 fully saturated rings. The molecule has 0 aliphatic carbocycles. The van der Waals surface area contributed by atoms with Crippen LogP contribution >= 0.6 is 11.6 Å². The molecular weight excluding hydrogens is 272 g/mol. The summed E-state index contributed by atoms with van der Waals surface area (Å²) in [5, 5.41) is 0.117. The molecule has 1 heterocycles. The number of halogens is 1. The van der Waals surface area contributed by atoms with E-state index in [1.165, 1.54) is 4.31 Å². The number of hydrogen-bond donors (Lipinski definition) is 0. The third-order valence-corrected chi connectivity index (χ3v) is 4.60. The molecule has 1 rings (SSSR count). The smallest absolute Gasteiger partial charge is 0.219 e. The van der Waals surface area contributed by atoms with Gasteiger partial charge in [-0.05, 0) is 25.5 Å². The lowest BCUT2D eigenvalue weighted by atomic mass is 10.2. The van der Waals surface area contributed by atoms with Crippen molar-refractivity contribution in [3.05, 3.63) is 41.7 Å². The fraction of sp³-hybridized carbons (Fsp3) is 0.417. The van der Waals surface area contributed by atoms with Crippen LogP contribution in [-0.2, 0) is 16.6 Å². The molecule has 0 atom stereocenters. The summed E-state index contributed by atoms with van der Waals surface area (Å²) >= 11 is 5.60. The molecule has 0 unspecified atom stereocenters. The molecule has 4 nitrogen and oxygen atoms in total. The van der Waals surface area contributed by atoms with Crippen molar-refractivity contribution in [2.24, 2.45) is 0 Å². The molecule has 0 amide bonds. The topological polar surface area (TPSA) is 50.3 Å². The average molecular weight is 289 g/mol. The molecule has 1 aromatic rings. The Morgan fingerprint density at radius 3 is 2.67 bits per heavy atom. The Kier molecular flexibility index (Phi) is 5.31. The van der Waals surface area contributed by atoms with Crippen molar-refractivity contribution in [2.45, 2.75) is 26.4 Å².